The molecule has 0 aliphatic carbocycles. The van der Waals surface area contributed by atoms with Gasteiger partial charge < -0.3 is 13.9 Å². The monoisotopic (exact) mass is 828 g/mol. The molecule has 0 N–H and O–H groups in total. The summed E-state index contributed by atoms with van der Waals surface area (Å²) in [6.07, 6.45) is 0. The third-order valence-electron chi connectivity index (χ3n) is 13.2. The van der Waals surface area contributed by atoms with Crippen LogP contribution in [-0.2, 0) is 0 Å². The molecule has 0 spiro atoms. The van der Waals surface area contributed by atoms with Crippen molar-refractivity contribution in [1.29, 1.82) is 0 Å². The molecule has 0 saturated heterocycles. The second-order valence-electron chi connectivity index (χ2n) is 16.8. The van der Waals surface area contributed by atoms with Crippen LogP contribution in [0.4, 0.5) is 17.1 Å². The van der Waals surface area contributed by atoms with Gasteiger partial charge in [-0.05, 0) is 81.4 Å². The molecule has 0 unspecified atom stereocenters. The summed E-state index contributed by atoms with van der Waals surface area (Å²) in [6, 6.07) is 87.7. The first kappa shape index (κ1) is 36.9. The van der Waals surface area contributed by atoms with Crippen LogP contribution >= 0.6 is 0 Å². The normalized spacial score (nSPS) is 11.7. The number of hydrogen-bond donors (Lipinski definition) is 0. The van der Waals surface area contributed by atoms with Gasteiger partial charge in [-0.1, -0.05) is 194 Å². The fourth-order valence-corrected chi connectivity index (χ4v) is 10.3. The Morgan fingerprint density at radius 2 is 0.862 bits per heavy atom. The van der Waals surface area contributed by atoms with Crippen molar-refractivity contribution in [2.75, 3.05) is 4.90 Å². The van der Waals surface area contributed by atoms with Crippen LogP contribution in [0.25, 0.3) is 104 Å². The van der Waals surface area contributed by atoms with Gasteiger partial charge in [0.25, 0.3) is 0 Å². The standard InChI is InChI=1S/C62H40N2O/c1-2-20-46-41(17-1)35-36-43-18-15-33-59(61(43)46)63(55-29-10-8-25-51(55)53-27-16-28-54-52-26-9-14-34-60(52)65-62(53)54)44-39-37-42(38-40-44)45-19-3-4-21-47(45)48-22-5-11-30-56(48)64-57-31-12-6-23-49(57)50-24-7-13-32-58(50)64/h1-40H. The van der Waals surface area contributed by atoms with Gasteiger partial charge >= 0.3 is 0 Å². The quantitative estimate of drug-likeness (QED) is 0.149. The number of rotatable bonds is 7. The van der Waals surface area contributed by atoms with Gasteiger partial charge in [0.1, 0.15) is 11.2 Å². The second-order valence-corrected chi connectivity index (χ2v) is 16.8. The summed E-state index contributed by atoms with van der Waals surface area (Å²) in [5.41, 5.74) is 15.4. The zero-order valence-electron chi connectivity index (χ0n) is 35.4. The third-order valence-corrected chi connectivity index (χ3v) is 13.2. The van der Waals surface area contributed by atoms with Crippen molar-refractivity contribution >= 4 is 82.4 Å². The number of benzene rings is 11. The fourth-order valence-electron chi connectivity index (χ4n) is 10.3. The Kier molecular flexibility index (Phi) is 8.53. The van der Waals surface area contributed by atoms with E-state index in [1.54, 1.807) is 0 Å². The predicted octanol–water partition coefficient (Wildman–Crippen LogP) is 17.5. The molecule has 0 atom stereocenters. The van der Waals surface area contributed by atoms with E-state index < -0.39 is 0 Å². The maximum atomic E-state index is 6.68. The molecule has 3 nitrogen and oxygen atoms in total. The molecule has 2 heterocycles. The molecule has 13 rings (SSSR count). The molecule has 0 saturated carbocycles. The molecule has 65 heavy (non-hydrogen) atoms. The Bertz CT molecular complexity index is 3910. The molecule has 0 aliphatic heterocycles. The van der Waals surface area contributed by atoms with Crippen LogP contribution in [0.5, 0.6) is 0 Å². The number of anilines is 3. The van der Waals surface area contributed by atoms with E-state index in [9.17, 15) is 0 Å². The largest absolute Gasteiger partial charge is 0.455 e. The Morgan fingerprint density at radius 1 is 0.323 bits per heavy atom. The van der Waals surface area contributed by atoms with Gasteiger partial charge in [0.2, 0.25) is 0 Å². The molecule has 0 aliphatic rings. The fraction of sp³-hybridized carbons (Fsp3) is 0. The minimum absolute atomic E-state index is 0.887. The first-order chi connectivity index (χ1) is 32.3. The molecule has 304 valence electrons. The summed E-state index contributed by atoms with van der Waals surface area (Å²) >= 11 is 0. The van der Waals surface area contributed by atoms with Crippen LogP contribution in [0.1, 0.15) is 0 Å². The third kappa shape index (κ3) is 5.90. The summed E-state index contributed by atoms with van der Waals surface area (Å²) in [6.45, 7) is 0. The van der Waals surface area contributed by atoms with Gasteiger partial charge in [0.15, 0.2) is 0 Å². The maximum Gasteiger partial charge on any atom is 0.143 e. The maximum absolute atomic E-state index is 6.68. The number of para-hydroxylation sites is 6. The number of furan rings is 1. The molecule has 0 bridgehead atoms. The highest BCUT2D eigenvalue weighted by atomic mass is 16.3. The Labute approximate surface area is 376 Å². The van der Waals surface area contributed by atoms with E-state index in [-0.39, 0.29) is 0 Å². The van der Waals surface area contributed by atoms with E-state index in [2.05, 4.69) is 246 Å². The number of hydrogen-bond acceptors (Lipinski definition) is 2. The van der Waals surface area contributed by atoms with E-state index >= 15 is 0 Å². The number of fused-ring (bicyclic) bond motifs is 9. The SMILES string of the molecule is c1ccc(-c2ccccc2-n2c3ccccc3c3ccccc32)c(-c2ccc(N(c3ccccc3-c3cccc4c3oc3ccccc34)c3cccc4ccc5ccccc5c34)cc2)c1. The summed E-state index contributed by atoms with van der Waals surface area (Å²) in [5.74, 6) is 0. The van der Waals surface area contributed by atoms with E-state index in [4.69, 9.17) is 4.42 Å². The van der Waals surface area contributed by atoms with E-state index in [0.717, 1.165) is 61.4 Å². The van der Waals surface area contributed by atoms with E-state index in [0.29, 0.717) is 0 Å². The molecule has 0 fully saturated rings. The van der Waals surface area contributed by atoms with Crippen molar-refractivity contribution in [2.45, 2.75) is 0 Å². The zero-order chi connectivity index (χ0) is 42.8. The van der Waals surface area contributed by atoms with Gasteiger partial charge in [0, 0.05) is 49.3 Å². The average Bonchev–Trinajstić information content (AvgIpc) is 3.93. The summed E-state index contributed by atoms with van der Waals surface area (Å²) < 4.78 is 9.10. The molecular formula is C62H40N2O. The van der Waals surface area contributed by atoms with Gasteiger partial charge in [-0.25, -0.2) is 0 Å². The van der Waals surface area contributed by atoms with Crippen LogP contribution in [0, 0.1) is 0 Å². The topological polar surface area (TPSA) is 21.3 Å². The van der Waals surface area contributed by atoms with Crippen molar-refractivity contribution in [3.05, 3.63) is 243 Å². The molecular weight excluding hydrogens is 789 g/mol. The van der Waals surface area contributed by atoms with Crippen LogP contribution in [0.2, 0.25) is 0 Å². The lowest BCUT2D eigenvalue weighted by molar-refractivity contribution is 0.670. The zero-order valence-corrected chi connectivity index (χ0v) is 35.4. The van der Waals surface area contributed by atoms with Crippen molar-refractivity contribution in [2.24, 2.45) is 0 Å². The van der Waals surface area contributed by atoms with Gasteiger partial charge in [0.05, 0.1) is 28.1 Å². The minimum atomic E-state index is 0.887. The minimum Gasteiger partial charge on any atom is -0.455 e. The number of aromatic nitrogens is 1. The molecule has 2 aromatic heterocycles. The highest BCUT2D eigenvalue weighted by molar-refractivity contribution is 6.17. The second kappa shape index (κ2) is 15.0. The Morgan fingerprint density at radius 3 is 1.66 bits per heavy atom. The van der Waals surface area contributed by atoms with E-state index in [1.807, 2.05) is 6.07 Å². The highest BCUT2D eigenvalue weighted by Crippen LogP contribution is 2.48. The van der Waals surface area contributed by atoms with Crippen LogP contribution in [-0.4, -0.2) is 4.57 Å². The predicted molar refractivity (Wildman–Crippen MR) is 274 cm³/mol. The van der Waals surface area contributed by atoms with Gasteiger partial charge in [-0.3, -0.25) is 0 Å². The summed E-state index contributed by atoms with van der Waals surface area (Å²) in [7, 11) is 0. The first-order valence-corrected chi connectivity index (χ1v) is 22.3. The first-order valence-electron chi connectivity index (χ1n) is 22.3. The lowest BCUT2D eigenvalue weighted by atomic mass is 9.93. The summed E-state index contributed by atoms with van der Waals surface area (Å²) in [4.78, 5) is 2.44. The molecule has 0 amide bonds. The van der Waals surface area contributed by atoms with Crippen molar-refractivity contribution in [3.63, 3.8) is 0 Å². The average molecular weight is 829 g/mol. The highest BCUT2D eigenvalue weighted by Gasteiger charge is 2.23. The van der Waals surface area contributed by atoms with Crippen LogP contribution in [0.3, 0.4) is 0 Å². The summed E-state index contributed by atoms with van der Waals surface area (Å²) in [5, 5.41) is 9.55. The smallest absolute Gasteiger partial charge is 0.143 e. The van der Waals surface area contributed by atoms with Crippen LogP contribution < -0.4 is 4.90 Å². The Hall–Kier alpha value is -8.66. The molecule has 11 aromatic carbocycles. The number of nitrogens with zero attached hydrogens (tertiary/aromatic N) is 2. The van der Waals surface area contributed by atoms with Crippen LogP contribution in [0.15, 0.2) is 247 Å². The van der Waals surface area contributed by atoms with Crippen molar-refractivity contribution < 1.29 is 4.42 Å². The Balaban J connectivity index is 1.00. The molecule has 3 heteroatoms. The van der Waals surface area contributed by atoms with Gasteiger partial charge in [-0.15, -0.1) is 0 Å². The van der Waals surface area contributed by atoms with Gasteiger partial charge in [-0.2, -0.15) is 0 Å². The van der Waals surface area contributed by atoms with Crippen molar-refractivity contribution in [1.82, 2.24) is 4.57 Å². The lowest BCUT2D eigenvalue weighted by Gasteiger charge is -2.29. The molecule has 0 radical (unpaired) electrons. The van der Waals surface area contributed by atoms with E-state index in [1.165, 1.54) is 60.0 Å². The lowest BCUT2D eigenvalue weighted by Crippen LogP contribution is -2.12. The molecule has 13 aromatic rings. The van der Waals surface area contributed by atoms with Crippen molar-refractivity contribution in [3.8, 4) is 39.1 Å².